The quantitative estimate of drug-likeness (QED) is 0.623. The highest BCUT2D eigenvalue weighted by molar-refractivity contribution is 5.94. The number of amides is 1. The topological polar surface area (TPSA) is 92.2 Å². The number of anilines is 1. The molecule has 1 aliphatic heterocycles. The first kappa shape index (κ1) is 19.2. The molecule has 1 fully saturated rings. The number of aromatic nitrogens is 3. The van der Waals surface area contributed by atoms with Gasteiger partial charge in [0.2, 0.25) is 0 Å². The molecule has 1 aliphatic rings. The summed E-state index contributed by atoms with van der Waals surface area (Å²) in [5.74, 6) is 0.696. The molecule has 0 bridgehead atoms. The van der Waals surface area contributed by atoms with Gasteiger partial charge in [0, 0.05) is 39.0 Å². The van der Waals surface area contributed by atoms with Crippen LogP contribution in [0.5, 0.6) is 0 Å². The molecule has 8 nitrogen and oxygen atoms in total. The molecule has 0 saturated carbocycles. The standard InChI is InChI=1S/C21H25N5O3/c1-29-13-10-22-20(27)15-6-7-19(23-14-15)25-11-8-16(9-12-25)26-18-5-3-2-4-17(18)24-21(26)28/h2-7,14,16H,8-13H2,1H3,(H,22,27)(H,24,28). The van der Waals surface area contributed by atoms with E-state index in [9.17, 15) is 9.59 Å². The molecule has 29 heavy (non-hydrogen) atoms. The fraction of sp³-hybridized carbons (Fsp3) is 0.381. The zero-order chi connectivity index (χ0) is 20.2. The maximum Gasteiger partial charge on any atom is 0.326 e. The predicted molar refractivity (Wildman–Crippen MR) is 111 cm³/mol. The summed E-state index contributed by atoms with van der Waals surface area (Å²) in [6, 6.07) is 11.6. The summed E-state index contributed by atoms with van der Waals surface area (Å²) in [6.07, 6.45) is 3.33. The van der Waals surface area contributed by atoms with Crippen LogP contribution >= 0.6 is 0 Å². The average Bonchev–Trinajstić information content (AvgIpc) is 3.10. The minimum absolute atomic E-state index is 0.0494. The van der Waals surface area contributed by atoms with E-state index in [1.165, 1.54) is 0 Å². The maximum atomic E-state index is 12.4. The molecule has 3 aromatic rings. The number of ether oxygens (including phenoxy) is 1. The van der Waals surface area contributed by atoms with Crippen LogP contribution in [0.2, 0.25) is 0 Å². The first-order valence-corrected chi connectivity index (χ1v) is 9.85. The summed E-state index contributed by atoms with van der Waals surface area (Å²) >= 11 is 0. The SMILES string of the molecule is COCCNC(=O)c1ccc(N2CCC(n3c(=O)[nH]c4ccccc43)CC2)nc1. The molecule has 0 aliphatic carbocycles. The fourth-order valence-corrected chi connectivity index (χ4v) is 3.87. The van der Waals surface area contributed by atoms with Crippen LogP contribution in [0.25, 0.3) is 11.0 Å². The summed E-state index contributed by atoms with van der Waals surface area (Å²) in [5, 5.41) is 2.79. The molecule has 1 saturated heterocycles. The number of benzene rings is 1. The van der Waals surface area contributed by atoms with Gasteiger partial charge < -0.3 is 19.9 Å². The van der Waals surface area contributed by atoms with Gasteiger partial charge in [-0.05, 0) is 37.1 Å². The lowest BCUT2D eigenvalue weighted by Gasteiger charge is -2.33. The molecule has 152 valence electrons. The maximum absolute atomic E-state index is 12.4. The van der Waals surface area contributed by atoms with Crippen molar-refractivity contribution < 1.29 is 9.53 Å². The predicted octanol–water partition coefficient (Wildman–Crippen LogP) is 1.94. The van der Waals surface area contributed by atoms with E-state index in [0.717, 1.165) is 42.8 Å². The van der Waals surface area contributed by atoms with Gasteiger partial charge in [-0.3, -0.25) is 9.36 Å². The Morgan fingerprint density at radius 3 is 2.76 bits per heavy atom. The van der Waals surface area contributed by atoms with E-state index in [1.807, 2.05) is 34.9 Å². The summed E-state index contributed by atoms with van der Waals surface area (Å²) in [6.45, 7) is 2.56. The second kappa shape index (κ2) is 8.48. The minimum Gasteiger partial charge on any atom is -0.383 e. The molecule has 4 rings (SSSR count). The van der Waals surface area contributed by atoms with Crippen LogP contribution in [-0.4, -0.2) is 53.8 Å². The number of pyridine rings is 1. The zero-order valence-corrected chi connectivity index (χ0v) is 16.4. The number of nitrogens with one attached hydrogen (secondary N) is 2. The van der Waals surface area contributed by atoms with E-state index < -0.39 is 0 Å². The van der Waals surface area contributed by atoms with E-state index in [0.29, 0.717) is 18.7 Å². The highest BCUT2D eigenvalue weighted by atomic mass is 16.5. The number of methoxy groups -OCH3 is 1. The number of H-pyrrole nitrogens is 1. The highest BCUT2D eigenvalue weighted by Gasteiger charge is 2.24. The fourth-order valence-electron chi connectivity index (χ4n) is 3.87. The Morgan fingerprint density at radius 1 is 1.24 bits per heavy atom. The van der Waals surface area contributed by atoms with Crippen molar-refractivity contribution in [1.82, 2.24) is 19.9 Å². The smallest absolute Gasteiger partial charge is 0.326 e. The molecule has 2 aromatic heterocycles. The third-order valence-corrected chi connectivity index (χ3v) is 5.38. The van der Waals surface area contributed by atoms with Gasteiger partial charge in [0.05, 0.1) is 23.2 Å². The van der Waals surface area contributed by atoms with Crippen molar-refractivity contribution in [3.8, 4) is 0 Å². The molecule has 3 heterocycles. The molecule has 0 atom stereocenters. The second-order valence-electron chi connectivity index (χ2n) is 7.19. The number of aromatic amines is 1. The molecule has 0 spiro atoms. The Balaban J connectivity index is 1.40. The third kappa shape index (κ3) is 4.02. The Labute approximate surface area is 168 Å². The molecular weight excluding hydrogens is 370 g/mol. The summed E-state index contributed by atoms with van der Waals surface area (Å²) in [7, 11) is 1.60. The number of rotatable bonds is 6. The number of nitrogens with zero attached hydrogens (tertiary/aromatic N) is 3. The number of piperidine rings is 1. The van der Waals surface area contributed by atoms with Gasteiger partial charge >= 0.3 is 5.69 Å². The minimum atomic E-state index is -0.154. The Kier molecular flexibility index (Phi) is 5.62. The second-order valence-corrected chi connectivity index (χ2v) is 7.19. The van der Waals surface area contributed by atoms with Crippen LogP contribution in [0.3, 0.4) is 0 Å². The molecule has 0 unspecified atom stereocenters. The van der Waals surface area contributed by atoms with Crippen molar-refractivity contribution in [3.05, 3.63) is 58.6 Å². The van der Waals surface area contributed by atoms with Gasteiger partial charge in [0.1, 0.15) is 5.82 Å². The van der Waals surface area contributed by atoms with E-state index >= 15 is 0 Å². The van der Waals surface area contributed by atoms with Gasteiger partial charge in [-0.25, -0.2) is 9.78 Å². The van der Waals surface area contributed by atoms with Crippen molar-refractivity contribution in [2.24, 2.45) is 0 Å². The molecule has 0 radical (unpaired) electrons. The third-order valence-electron chi connectivity index (χ3n) is 5.38. The molecular formula is C21H25N5O3. The van der Waals surface area contributed by atoms with E-state index in [1.54, 1.807) is 19.4 Å². The normalized spacial score (nSPS) is 15.0. The van der Waals surface area contributed by atoms with E-state index in [4.69, 9.17) is 4.74 Å². The van der Waals surface area contributed by atoms with E-state index in [2.05, 4.69) is 20.2 Å². The summed E-state index contributed by atoms with van der Waals surface area (Å²) in [4.78, 5) is 34.1. The van der Waals surface area contributed by atoms with Gasteiger partial charge in [0.25, 0.3) is 5.91 Å². The molecule has 1 aromatic carbocycles. The number of para-hydroxylation sites is 2. The first-order chi connectivity index (χ1) is 14.2. The molecule has 2 N–H and O–H groups in total. The monoisotopic (exact) mass is 395 g/mol. The molecule has 1 amide bonds. The number of imidazole rings is 1. The number of hydrogen-bond acceptors (Lipinski definition) is 5. The van der Waals surface area contributed by atoms with Crippen LogP contribution < -0.4 is 15.9 Å². The lowest BCUT2D eigenvalue weighted by molar-refractivity contribution is 0.0937. The first-order valence-electron chi connectivity index (χ1n) is 9.85. The van der Waals surface area contributed by atoms with Crippen molar-refractivity contribution in [2.75, 3.05) is 38.3 Å². The lowest BCUT2D eigenvalue weighted by atomic mass is 10.0. The number of carbonyl (C=O) groups excluding carboxylic acids is 1. The van der Waals surface area contributed by atoms with Crippen molar-refractivity contribution in [2.45, 2.75) is 18.9 Å². The number of fused-ring (bicyclic) bond motifs is 1. The average molecular weight is 395 g/mol. The largest absolute Gasteiger partial charge is 0.383 e. The van der Waals surface area contributed by atoms with Gasteiger partial charge in [-0.1, -0.05) is 12.1 Å². The van der Waals surface area contributed by atoms with Crippen LogP contribution in [-0.2, 0) is 4.74 Å². The van der Waals surface area contributed by atoms with Crippen LogP contribution in [0.1, 0.15) is 29.2 Å². The van der Waals surface area contributed by atoms with Gasteiger partial charge in [-0.15, -0.1) is 0 Å². The van der Waals surface area contributed by atoms with Gasteiger partial charge in [-0.2, -0.15) is 0 Å². The number of hydrogen-bond donors (Lipinski definition) is 2. The van der Waals surface area contributed by atoms with Crippen LogP contribution in [0.15, 0.2) is 47.4 Å². The van der Waals surface area contributed by atoms with Crippen LogP contribution in [0, 0.1) is 0 Å². The Morgan fingerprint density at radius 2 is 2.03 bits per heavy atom. The summed E-state index contributed by atoms with van der Waals surface area (Å²) < 4.78 is 6.82. The summed E-state index contributed by atoms with van der Waals surface area (Å²) in [5.41, 5.74) is 2.32. The van der Waals surface area contributed by atoms with Crippen LogP contribution in [0.4, 0.5) is 5.82 Å². The lowest BCUT2D eigenvalue weighted by Crippen LogP contribution is -2.37. The van der Waals surface area contributed by atoms with Crippen molar-refractivity contribution in [1.29, 1.82) is 0 Å². The van der Waals surface area contributed by atoms with Crippen molar-refractivity contribution in [3.63, 3.8) is 0 Å². The van der Waals surface area contributed by atoms with E-state index in [-0.39, 0.29) is 17.6 Å². The Hall–Kier alpha value is -3.13. The number of carbonyl (C=O) groups is 1. The Bertz CT molecular complexity index is 1030. The zero-order valence-electron chi connectivity index (χ0n) is 16.4. The van der Waals surface area contributed by atoms with Crippen molar-refractivity contribution >= 4 is 22.8 Å². The highest BCUT2D eigenvalue weighted by Crippen LogP contribution is 2.27. The van der Waals surface area contributed by atoms with Gasteiger partial charge in [0.15, 0.2) is 0 Å². The molecule has 8 heteroatoms.